The highest BCUT2D eigenvalue weighted by atomic mass is 127. The number of terminal acetylenes is 1. The molecule has 0 aromatic heterocycles. The summed E-state index contributed by atoms with van der Waals surface area (Å²) in [6.07, 6.45) is 4.97. The number of anilines is 1. The molecule has 1 aromatic rings. The number of nitrogens with two attached hydrogens (primary N) is 1. The van der Waals surface area contributed by atoms with Crippen LogP contribution in [0.5, 0.6) is 0 Å². The number of hydrogen-bond donors (Lipinski definition) is 2. The first-order chi connectivity index (χ1) is 8.54. The molecule has 0 atom stereocenters. The molecular weight excluding hydrogens is 347 g/mol. The van der Waals surface area contributed by atoms with Crippen molar-refractivity contribution in [1.82, 2.24) is 5.32 Å². The molecule has 0 bridgehead atoms. The van der Waals surface area contributed by atoms with E-state index in [0.29, 0.717) is 5.69 Å². The van der Waals surface area contributed by atoms with Crippen molar-refractivity contribution in [3.8, 4) is 12.3 Å². The molecule has 0 heterocycles. The monoisotopic (exact) mass is 358 g/mol. The van der Waals surface area contributed by atoms with E-state index in [2.05, 4.69) is 33.8 Å². The lowest BCUT2D eigenvalue weighted by molar-refractivity contribution is -0.123. The third-order valence-electron chi connectivity index (χ3n) is 1.96. The van der Waals surface area contributed by atoms with Crippen LogP contribution in [0.2, 0.25) is 0 Å². The summed E-state index contributed by atoms with van der Waals surface area (Å²) in [5.41, 5.74) is 6.20. The predicted octanol–water partition coefficient (Wildman–Crippen LogP) is 0.780. The maximum Gasteiger partial charge on any atom is 0.340 e. The van der Waals surface area contributed by atoms with Gasteiger partial charge in [-0.1, -0.05) is 5.92 Å². The number of carbonyl (C=O) groups is 2. The lowest BCUT2D eigenvalue weighted by Crippen LogP contribution is -2.29. The number of hydrogen-bond acceptors (Lipinski definition) is 4. The molecule has 5 nitrogen and oxygen atoms in total. The molecule has 1 rings (SSSR count). The second kappa shape index (κ2) is 6.86. The Balaban J connectivity index is 2.58. The Morgan fingerprint density at radius 3 is 2.89 bits per heavy atom. The Morgan fingerprint density at radius 2 is 2.22 bits per heavy atom. The van der Waals surface area contributed by atoms with Crippen molar-refractivity contribution in [2.75, 3.05) is 18.9 Å². The van der Waals surface area contributed by atoms with Gasteiger partial charge in [0.1, 0.15) is 0 Å². The smallest absolute Gasteiger partial charge is 0.340 e. The number of ether oxygens (including phenoxy) is 1. The zero-order valence-electron chi connectivity index (χ0n) is 9.40. The minimum Gasteiger partial charge on any atom is -0.452 e. The van der Waals surface area contributed by atoms with Gasteiger partial charge in [-0.2, -0.15) is 0 Å². The number of carbonyl (C=O) groups excluding carboxylic acids is 2. The van der Waals surface area contributed by atoms with Crippen molar-refractivity contribution < 1.29 is 14.3 Å². The van der Waals surface area contributed by atoms with Crippen molar-refractivity contribution in [2.24, 2.45) is 0 Å². The molecule has 94 valence electrons. The third-order valence-corrected chi connectivity index (χ3v) is 2.63. The van der Waals surface area contributed by atoms with E-state index < -0.39 is 11.9 Å². The van der Waals surface area contributed by atoms with Gasteiger partial charge >= 0.3 is 5.97 Å². The summed E-state index contributed by atoms with van der Waals surface area (Å²) in [5, 5.41) is 2.38. The third kappa shape index (κ3) is 4.25. The summed E-state index contributed by atoms with van der Waals surface area (Å²) in [6, 6.07) is 4.97. The van der Waals surface area contributed by atoms with Gasteiger partial charge in [0, 0.05) is 9.26 Å². The first-order valence-electron chi connectivity index (χ1n) is 4.97. The highest BCUT2D eigenvalue weighted by Crippen LogP contribution is 2.16. The van der Waals surface area contributed by atoms with E-state index in [9.17, 15) is 9.59 Å². The van der Waals surface area contributed by atoms with Crippen LogP contribution in [-0.2, 0) is 9.53 Å². The summed E-state index contributed by atoms with van der Waals surface area (Å²) >= 11 is 2.05. The molecule has 0 radical (unpaired) electrons. The highest BCUT2D eigenvalue weighted by molar-refractivity contribution is 14.1. The second-order valence-corrected chi connectivity index (χ2v) is 4.53. The fourth-order valence-electron chi connectivity index (χ4n) is 1.11. The summed E-state index contributed by atoms with van der Waals surface area (Å²) < 4.78 is 5.67. The average molecular weight is 358 g/mol. The van der Waals surface area contributed by atoms with Gasteiger partial charge in [0.2, 0.25) is 0 Å². The Hall–Kier alpha value is -1.75. The Morgan fingerprint density at radius 1 is 1.50 bits per heavy atom. The van der Waals surface area contributed by atoms with Crippen molar-refractivity contribution in [2.45, 2.75) is 0 Å². The molecule has 0 aliphatic carbocycles. The number of esters is 1. The molecule has 3 N–H and O–H groups in total. The Bertz CT molecular complexity index is 509. The maximum absolute atomic E-state index is 11.7. The minimum atomic E-state index is -0.637. The molecular formula is C12H11IN2O3. The highest BCUT2D eigenvalue weighted by Gasteiger charge is 2.13. The molecule has 0 unspecified atom stereocenters. The van der Waals surface area contributed by atoms with Crippen molar-refractivity contribution in [3.05, 3.63) is 27.3 Å². The lowest BCUT2D eigenvalue weighted by atomic mass is 10.2. The van der Waals surface area contributed by atoms with E-state index in [1.807, 2.05) is 0 Å². The van der Waals surface area contributed by atoms with Gasteiger partial charge in [0.05, 0.1) is 12.1 Å². The summed E-state index contributed by atoms with van der Waals surface area (Å²) in [5.74, 6) is 1.15. The van der Waals surface area contributed by atoms with Crippen molar-refractivity contribution in [3.63, 3.8) is 0 Å². The van der Waals surface area contributed by atoms with Gasteiger partial charge in [0.15, 0.2) is 6.61 Å². The van der Waals surface area contributed by atoms with Crippen LogP contribution < -0.4 is 11.1 Å². The Labute approximate surface area is 118 Å². The minimum absolute atomic E-state index is 0.0990. The van der Waals surface area contributed by atoms with E-state index in [4.69, 9.17) is 16.9 Å². The number of halogens is 1. The Kier molecular flexibility index (Phi) is 5.45. The molecule has 6 heteroatoms. The van der Waals surface area contributed by atoms with Crippen molar-refractivity contribution >= 4 is 40.2 Å². The normalized spacial score (nSPS) is 9.33. The SMILES string of the molecule is C#CCNC(=O)COC(=O)c1cc(I)ccc1N. The topological polar surface area (TPSA) is 81.4 Å². The summed E-state index contributed by atoms with van der Waals surface area (Å²) in [4.78, 5) is 22.8. The molecule has 0 aliphatic rings. The number of rotatable bonds is 4. The molecule has 18 heavy (non-hydrogen) atoms. The maximum atomic E-state index is 11.7. The fourth-order valence-corrected chi connectivity index (χ4v) is 1.61. The molecule has 0 aliphatic heterocycles. The summed E-state index contributed by atoms with van der Waals surface area (Å²) in [7, 11) is 0. The van der Waals surface area contributed by atoms with Crippen LogP contribution in [0.1, 0.15) is 10.4 Å². The van der Waals surface area contributed by atoms with Crippen molar-refractivity contribution in [1.29, 1.82) is 0 Å². The van der Waals surface area contributed by atoms with Gasteiger partial charge in [-0.3, -0.25) is 4.79 Å². The first kappa shape index (κ1) is 14.3. The van der Waals surface area contributed by atoms with Gasteiger partial charge in [0.25, 0.3) is 5.91 Å². The predicted molar refractivity (Wildman–Crippen MR) is 75.7 cm³/mol. The standard InChI is InChI=1S/C12H11IN2O3/c1-2-5-15-11(16)7-18-12(17)9-6-8(13)3-4-10(9)14/h1,3-4,6H,5,7,14H2,(H,15,16). The fraction of sp³-hybridized carbons (Fsp3) is 0.167. The van der Waals surface area contributed by atoms with Crippen LogP contribution >= 0.6 is 22.6 Å². The van der Waals surface area contributed by atoms with E-state index in [1.165, 1.54) is 0 Å². The molecule has 0 saturated carbocycles. The van der Waals surface area contributed by atoms with Crippen LogP contribution in [0, 0.1) is 15.9 Å². The molecule has 0 fully saturated rings. The molecule has 0 saturated heterocycles. The quantitative estimate of drug-likeness (QED) is 0.361. The second-order valence-electron chi connectivity index (χ2n) is 3.29. The molecule has 1 amide bonds. The number of nitrogens with one attached hydrogen (secondary N) is 1. The van der Waals surface area contributed by atoms with E-state index in [1.54, 1.807) is 18.2 Å². The molecule has 0 spiro atoms. The van der Waals surface area contributed by atoms with Crippen LogP contribution in [0.3, 0.4) is 0 Å². The first-order valence-corrected chi connectivity index (χ1v) is 6.04. The van der Waals surface area contributed by atoms with Gasteiger partial charge in [-0.05, 0) is 40.8 Å². The van der Waals surface area contributed by atoms with Crippen LogP contribution in [0.25, 0.3) is 0 Å². The van der Waals surface area contributed by atoms with E-state index in [-0.39, 0.29) is 18.7 Å². The lowest BCUT2D eigenvalue weighted by Gasteiger charge is -2.07. The van der Waals surface area contributed by atoms with Gasteiger partial charge in [-0.25, -0.2) is 4.79 Å². The zero-order valence-corrected chi connectivity index (χ0v) is 11.6. The number of benzene rings is 1. The van der Waals surface area contributed by atoms with Gasteiger partial charge < -0.3 is 15.8 Å². The van der Waals surface area contributed by atoms with Crippen LogP contribution in [0.15, 0.2) is 18.2 Å². The van der Waals surface area contributed by atoms with E-state index >= 15 is 0 Å². The summed E-state index contributed by atoms with van der Waals surface area (Å²) in [6.45, 7) is -0.285. The van der Waals surface area contributed by atoms with E-state index in [0.717, 1.165) is 3.57 Å². The average Bonchev–Trinajstić information content (AvgIpc) is 2.36. The van der Waals surface area contributed by atoms with Crippen LogP contribution in [-0.4, -0.2) is 25.0 Å². The number of amides is 1. The zero-order chi connectivity index (χ0) is 13.5. The van der Waals surface area contributed by atoms with Gasteiger partial charge in [-0.15, -0.1) is 6.42 Å². The largest absolute Gasteiger partial charge is 0.452 e. The van der Waals surface area contributed by atoms with Crippen LogP contribution in [0.4, 0.5) is 5.69 Å². The number of nitrogen functional groups attached to an aromatic ring is 1. The molecule has 1 aromatic carbocycles.